The van der Waals surface area contributed by atoms with E-state index in [1.165, 1.54) is 52.9 Å². The van der Waals surface area contributed by atoms with Crippen molar-refractivity contribution in [2.24, 2.45) is 20.5 Å². The van der Waals surface area contributed by atoms with Crippen molar-refractivity contribution >= 4 is 115 Å². The van der Waals surface area contributed by atoms with Crippen molar-refractivity contribution in [3.8, 4) is 11.4 Å². The number of rotatable bonds is 14. The Morgan fingerprint density at radius 2 is 1.16 bits per heavy atom. The molecule has 0 aliphatic carbocycles. The Kier molecular flexibility index (Phi) is 27.1. The zero-order valence-corrected chi connectivity index (χ0v) is 59.6. The Hall–Kier alpha value is -2.18. The second-order valence-corrected chi connectivity index (χ2v) is 22.8. The fourth-order valence-corrected chi connectivity index (χ4v) is 9.48. The Morgan fingerprint density at radius 3 is 1.66 bits per heavy atom. The number of hydrogen-bond donors (Lipinski definition) is 3. The average Bonchev–Trinajstić information content (AvgIpc) is 4.12. The number of nitrogens with two attached hydrogens (primary N) is 2. The standard InChI is InChI=1S/C23H19N7O12S4.C17H17N7O4S.2K.3Na/c1-12-21(26-27-23-25-19-7-6-16(44(33,34)35)11-20(19)42-23)22(24)30(28-12)14-2-4-15(5-3-14)43(31,32)29-13-8-17(45(36,37)38)10-18(9-13)46(39,40)41;1-17(2,3)12-11(21-22-16-19-7-20-29-16)13(18)24(23-12)10-5-8(14(25)26)4-9(6-10)15(27)28;;;;;/h2-11,29H,24H2,1H3,(H,33,34,35)(H,36,37,38)(H,39,40,41);4-7H,18H2,1-3H3,(H,25,26)(H,27,28);;;;;/q;;5*+1/p-5. The van der Waals surface area contributed by atoms with E-state index in [0.717, 1.165) is 41.9 Å². The Morgan fingerprint density at radius 1 is 0.650 bits per heavy atom. The minimum atomic E-state index is -5.27. The number of fused-ring (bicyclic) bond motifs is 1. The van der Waals surface area contributed by atoms with Crippen LogP contribution in [0.25, 0.3) is 22.5 Å². The molecule has 392 valence electrons. The first-order chi connectivity index (χ1) is 34.8. The van der Waals surface area contributed by atoms with Crippen molar-refractivity contribution in [1.29, 1.82) is 0 Å². The first kappa shape index (κ1) is 73.9. The molecule has 0 amide bonds. The molecule has 0 spiro atoms. The predicted octanol–water partition coefficient (Wildman–Crippen LogP) is -12.4. The fourth-order valence-electron chi connectivity index (χ4n) is 6.44. The number of aryl methyl sites for hydroxylation is 1. The van der Waals surface area contributed by atoms with Gasteiger partial charge in [0, 0.05) is 23.0 Å². The molecule has 0 saturated carbocycles. The van der Waals surface area contributed by atoms with Gasteiger partial charge in [0.15, 0.2) is 28.6 Å². The monoisotopic (exact) mass is 1270 g/mol. The summed E-state index contributed by atoms with van der Waals surface area (Å²) in [6.07, 6.45) is 1.34. The van der Waals surface area contributed by atoms with Crippen LogP contribution >= 0.6 is 11.5 Å². The summed E-state index contributed by atoms with van der Waals surface area (Å²) in [6.45, 7) is 7.18. The molecule has 0 fully saturated rings. The topological polar surface area (TPSA) is 487 Å². The summed E-state index contributed by atoms with van der Waals surface area (Å²) in [5.74, 6) is -3.10. The molecular formula is C40H31K2N14Na3O16S5. The zero-order valence-electron chi connectivity index (χ0n) is 43.2. The molecule has 4 aromatic heterocycles. The second kappa shape index (κ2) is 29.3. The van der Waals surface area contributed by atoms with Gasteiger partial charge in [-0.15, -0.1) is 15.3 Å². The average molecular weight is 1270 g/mol. The molecule has 0 aliphatic heterocycles. The second-order valence-electron chi connectivity index (χ2n) is 16.2. The number of oxazole rings is 1. The maximum Gasteiger partial charge on any atom is 1.00 e. The molecule has 0 bridgehead atoms. The van der Waals surface area contributed by atoms with Gasteiger partial charge in [-0.05, 0) is 90.8 Å². The third-order valence-electron chi connectivity index (χ3n) is 9.86. The van der Waals surface area contributed by atoms with E-state index in [1.54, 1.807) is 0 Å². The summed E-state index contributed by atoms with van der Waals surface area (Å²) in [5, 5.41) is 47.5. The van der Waals surface area contributed by atoms with Crippen LogP contribution in [0.2, 0.25) is 0 Å². The number of sulfonamides is 1. The third-order valence-corrected chi connectivity index (χ3v) is 14.3. The maximum atomic E-state index is 12.9. The molecule has 5 N–H and O–H groups in total. The minimum absolute atomic E-state index is 0. The molecule has 0 atom stereocenters. The van der Waals surface area contributed by atoms with Crippen molar-refractivity contribution in [2.45, 2.75) is 52.7 Å². The molecule has 0 saturated heterocycles. The van der Waals surface area contributed by atoms with E-state index in [0.29, 0.717) is 29.0 Å². The molecule has 8 aromatic rings. The van der Waals surface area contributed by atoms with E-state index in [4.69, 9.17) is 15.9 Å². The molecule has 40 heteroatoms. The Bertz CT molecular complexity index is 4060. The quantitative estimate of drug-likeness (QED) is 0.0517. The number of nitrogen functional groups attached to an aromatic ring is 2. The van der Waals surface area contributed by atoms with Crippen LogP contribution in [-0.2, 0) is 45.8 Å². The van der Waals surface area contributed by atoms with Gasteiger partial charge >= 0.3 is 197 Å². The van der Waals surface area contributed by atoms with Crippen LogP contribution in [0.15, 0.2) is 130 Å². The van der Waals surface area contributed by atoms with Crippen LogP contribution in [-0.4, -0.2) is 93.2 Å². The smallest absolute Gasteiger partial charge is 0.744 e. The fraction of sp³-hybridized carbons (Fsp3) is 0.125. The molecule has 0 aliphatic rings. The summed E-state index contributed by atoms with van der Waals surface area (Å²) in [4.78, 5) is 27.3. The van der Waals surface area contributed by atoms with Gasteiger partial charge < -0.3 is 49.3 Å². The van der Waals surface area contributed by atoms with E-state index in [2.05, 4.69) is 45.0 Å². The summed E-state index contributed by atoms with van der Waals surface area (Å²) in [7, 11) is -19.8. The van der Waals surface area contributed by atoms with Crippen LogP contribution in [0.5, 0.6) is 0 Å². The Labute approximate surface area is 609 Å². The number of aromatic carboxylic acids is 2. The number of nitrogens with zero attached hydrogens (tertiary/aromatic N) is 11. The van der Waals surface area contributed by atoms with Crippen LogP contribution in [0.4, 0.5) is 39.8 Å². The van der Waals surface area contributed by atoms with Gasteiger partial charge in [0.2, 0.25) is 5.13 Å². The van der Waals surface area contributed by atoms with Gasteiger partial charge in [-0.3, -0.25) is 4.72 Å². The van der Waals surface area contributed by atoms with Crippen LogP contribution in [0, 0.1) is 6.92 Å². The number of azo groups is 2. The van der Waals surface area contributed by atoms with Crippen LogP contribution in [0.3, 0.4) is 0 Å². The largest absolute Gasteiger partial charge is 1.00 e. The molecule has 8 rings (SSSR count). The number of anilines is 3. The van der Waals surface area contributed by atoms with Gasteiger partial charge in [-0.2, -0.15) is 19.6 Å². The van der Waals surface area contributed by atoms with E-state index in [1.807, 2.05) is 25.5 Å². The molecule has 30 nitrogen and oxygen atoms in total. The Balaban J connectivity index is 0.000000561. The van der Waals surface area contributed by atoms with E-state index >= 15 is 0 Å². The first-order valence-electron chi connectivity index (χ1n) is 20.3. The summed E-state index contributed by atoms with van der Waals surface area (Å²) >= 11 is 1.04. The van der Waals surface area contributed by atoms with Gasteiger partial charge in [0.1, 0.15) is 42.2 Å². The number of aromatic nitrogens is 7. The minimum Gasteiger partial charge on any atom is -0.744 e. The molecule has 4 aromatic carbocycles. The van der Waals surface area contributed by atoms with Gasteiger partial charge in [0.05, 0.1) is 60.0 Å². The van der Waals surface area contributed by atoms with E-state index < -0.39 is 83.0 Å². The van der Waals surface area contributed by atoms with E-state index in [9.17, 15) is 67.1 Å². The normalized spacial score (nSPS) is 11.8. The van der Waals surface area contributed by atoms with Crippen molar-refractivity contribution in [3.05, 3.63) is 108 Å². The number of carbonyl (C=O) groups is 2. The van der Waals surface area contributed by atoms with Crippen molar-refractivity contribution in [2.75, 3.05) is 16.2 Å². The SMILES string of the molecule is CC(C)(C)c1nn(-c2cc(C(=O)[O-])cc(C(=O)[O-])c2)c(N)c1N=Nc1ncns1.Cc1nn(-c2ccc(S(=O)(=O)Nc3cc(S(=O)(=O)[O-])cc(S(=O)(=O)[O-])c3)cc2)c(N)c1N=Nc1nc2ccc(S(=O)(=O)[O-])cc2o1.[K+].[K+].[Na+].[Na+].[Na+]. The maximum absolute atomic E-state index is 12.9. The number of nitrogens with one attached hydrogen (secondary N) is 1. The predicted molar refractivity (Wildman–Crippen MR) is 251 cm³/mol. The molecule has 4 heterocycles. The molecule has 0 radical (unpaired) electrons. The van der Waals surface area contributed by atoms with Gasteiger partial charge in [-0.1, -0.05) is 25.9 Å². The number of hydrogen-bond acceptors (Lipinski definition) is 28. The van der Waals surface area contributed by atoms with E-state index in [-0.39, 0.29) is 260 Å². The van der Waals surface area contributed by atoms with Crippen LogP contribution in [0.1, 0.15) is 52.9 Å². The molecular weight excluding hydrogens is 1240 g/mol. The summed E-state index contributed by atoms with van der Waals surface area (Å²) in [6, 6.07) is 12.5. The number of carbonyl (C=O) groups excluding carboxylic acids is 2. The third kappa shape index (κ3) is 18.2. The number of carboxylic acid groups (broad SMARTS) is 2. The number of benzene rings is 4. The summed E-state index contributed by atoms with van der Waals surface area (Å²) in [5.41, 5.74) is 12.1. The summed E-state index contributed by atoms with van der Waals surface area (Å²) < 4.78 is 142. The number of carboxylic acids is 2. The van der Waals surface area contributed by atoms with Gasteiger partial charge in [0.25, 0.3) is 10.0 Å². The van der Waals surface area contributed by atoms with Gasteiger partial charge in [-0.25, -0.2) is 48.0 Å². The first-order valence-corrected chi connectivity index (χ1v) is 26.8. The van der Waals surface area contributed by atoms with Crippen molar-refractivity contribution < 1.29 is 263 Å². The molecule has 0 unspecified atom stereocenters. The van der Waals surface area contributed by atoms with Crippen molar-refractivity contribution in [1.82, 2.24) is 33.9 Å². The zero-order chi connectivity index (χ0) is 55.2. The molecule has 80 heavy (non-hydrogen) atoms. The van der Waals surface area contributed by atoms with Crippen molar-refractivity contribution in [3.63, 3.8) is 0 Å². The van der Waals surface area contributed by atoms with Crippen LogP contribution < -0.4 is 218 Å².